The van der Waals surface area contributed by atoms with Crippen molar-refractivity contribution < 1.29 is 23.9 Å². The molecule has 0 unspecified atom stereocenters. The first kappa shape index (κ1) is 20.0. The van der Waals surface area contributed by atoms with Crippen LogP contribution in [0.1, 0.15) is 30.9 Å². The summed E-state index contributed by atoms with van der Waals surface area (Å²) < 4.78 is 10.2. The minimum atomic E-state index is -0.788. The fourth-order valence-electron chi connectivity index (χ4n) is 3.34. The number of hydrogen-bond acceptors (Lipinski definition) is 7. The molecule has 1 fully saturated rings. The number of aryl methyl sites for hydroxylation is 1. The third-order valence-electron chi connectivity index (χ3n) is 4.70. The number of benzene rings is 1. The van der Waals surface area contributed by atoms with E-state index in [-0.39, 0.29) is 29.5 Å². The number of thioether (sulfide) groups is 1. The lowest BCUT2D eigenvalue weighted by Crippen LogP contribution is -2.40. The first-order chi connectivity index (χ1) is 13.3. The molecule has 148 valence electrons. The van der Waals surface area contributed by atoms with E-state index in [2.05, 4.69) is 0 Å². The Labute approximate surface area is 167 Å². The summed E-state index contributed by atoms with van der Waals surface area (Å²) in [7, 11) is 1.24. The summed E-state index contributed by atoms with van der Waals surface area (Å²) in [4.78, 5) is 39.5. The van der Waals surface area contributed by atoms with Gasteiger partial charge in [-0.1, -0.05) is 41.6 Å². The van der Waals surface area contributed by atoms with Gasteiger partial charge in [0.2, 0.25) is 5.91 Å². The number of methoxy groups -OCH3 is 1. The zero-order valence-corrected chi connectivity index (χ0v) is 17.0. The summed E-state index contributed by atoms with van der Waals surface area (Å²) in [6.45, 7) is 5.53. The Morgan fingerprint density at radius 2 is 1.82 bits per heavy atom. The molecule has 0 radical (unpaired) electrons. The van der Waals surface area contributed by atoms with Gasteiger partial charge in [0.25, 0.3) is 0 Å². The number of ether oxygens (including phenoxy) is 2. The molecule has 28 heavy (non-hydrogen) atoms. The van der Waals surface area contributed by atoms with Crippen molar-refractivity contribution in [3.05, 3.63) is 57.4 Å². The van der Waals surface area contributed by atoms with E-state index in [1.165, 1.54) is 23.8 Å². The molecule has 2 aliphatic rings. The third-order valence-corrected chi connectivity index (χ3v) is 5.88. The van der Waals surface area contributed by atoms with Crippen LogP contribution in [-0.4, -0.2) is 41.7 Å². The number of esters is 2. The van der Waals surface area contributed by atoms with Crippen molar-refractivity contribution in [2.24, 2.45) is 5.73 Å². The number of nitrogens with zero attached hydrogens (tertiary/aromatic N) is 1. The number of rotatable bonds is 4. The second-order valence-electron chi connectivity index (χ2n) is 6.51. The highest BCUT2D eigenvalue weighted by Gasteiger charge is 2.48. The molecule has 0 aromatic heterocycles. The predicted molar refractivity (Wildman–Crippen MR) is 105 cm³/mol. The smallest absolute Gasteiger partial charge is 0.338 e. The lowest BCUT2D eigenvalue weighted by molar-refractivity contribution is -0.139. The molecule has 1 aromatic rings. The number of amides is 1. The summed E-state index contributed by atoms with van der Waals surface area (Å²) in [5.74, 6) is -2.37. The number of hydrogen-bond donors (Lipinski definition) is 1. The van der Waals surface area contributed by atoms with E-state index in [1.54, 1.807) is 13.8 Å². The Balaban J connectivity index is 2.30. The average molecular weight is 402 g/mol. The Bertz CT molecular complexity index is 904. The van der Waals surface area contributed by atoms with Crippen LogP contribution in [0, 0.1) is 6.92 Å². The molecule has 1 aromatic carbocycles. The van der Waals surface area contributed by atoms with Crippen LogP contribution in [0.25, 0.3) is 0 Å². The fraction of sp³-hybridized carbons (Fsp3) is 0.350. The second kappa shape index (κ2) is 7.71. The van der Waals surface area contributed by atoms with Gasteiger partial charge in [-0.3, -0.25) is 9.69 Å². The molecule has 2 aliphatic heterocycles. The van der Waals surface area contributed by atoms with Gasteiger partial charge in [0, 0.05) is 0 Å². The molecule has 0 aliphatic carbocycles. The number of carbonyl (C=O) groups is 3. The summed E-state index contributed by atoms with van der Waals surface area (Å²) in [6.07, 6.45) is 0. The second-order valence-corrected chi connectivity index (χ2v) is 7.84. The fourth-order valence-corrected chi connectivity index (χ4v) is 4.50. The number of nitrogens with two attached hydrogens (primary N) is 1. The molecule has 0 bridgehead atoms. The Morgan fingerprint density at radius 3 is 2.39 bits per heavy atom. The third kappa shape index (κ3) is 3.17. The molecule has 3 rings (SSSR count). The lowest BCUT2D eigenvalue weighted by Gasteiger charge is -2.33. The van der Waals surface area contributed by atoms with Crippen LogP contribution in [0.15, 0.2) is 46.3 Å². The molecular formula is C20H22N2O5S. The van der Waals surface area contributed by atoms with Crippen molar-refractivity contribution >= 4 is 29.6 Å². The van der Waals surface area contributed by atoms with E-state index in [0.717, 1.165) is 5.56 Å². The van der Waals surface area contributed by atoms with Crippen LogP contribution in [0.2, 0.25) is 0 Å². The Hall–Kier alpha value is -2.74. The van der Waals surface area contributed by atoms with Gasteiger partial charge in [0.15, 0.2) is 0 Å². The minimum absolute atomic E-state index is 0.0117. The quantitative estimate of drug-likeness (QED) is 0.771. The molecule has 7 nitrogen and oxygen atoms in total. The molecule has 2 atom stereocenters. The molecular weight excluding hydrogens is 380 g/mol. The highest BCUT2D eigenvalue weighted by atomic mass is 32.2. The van der Waals surface area contributed by atoms with Crippen LogP contribution in [0.3, 0.4) is 0 Å². The molecule has 0 spiro atoms. The highest BCUT2D eigenvalue weighted by molar-refractivity contribution is 8.04. The van der Waals surface area contributed by atoms with Crippen LogP contribution in [0.5, 0.6) is 0 Å². The van der Waals surface area contributed by atoms with Gasteiger partial charge in [-0.2, -0.15) is 0 Å². The van der Waals surface area contributed by atoms with E-state index >= 15 is 0 Å². The van der Waals surface area contributed by atoms with Crippen molar-refractivity contribution in [1.82, 2.24) is 4.90 Å². The van der Waals surface area contributed by atoms with E-state index in [1.807, 2.05) is 31.2 Å². The zero-order chi connectivity index (χ0) is 20.6. The van der Waals surface area contributed by atoms with Crippen LogP contribution < -0.4 is 5.73 Å². The van der Waals surface area contributed by atoms with E-state index in [4.69, 9.17) is 15.2 Å². The van der Waals surface area contributed by atoms with Crippen LogP contribution in [-0.2, 0) is 23.9 Å². The minimum Gasteiger partial charge on any atom is -0.466 e. The average Bonchev–Trinajstić information content (AvgIpc) is 2.96. The monoisotopic (exact) mass is 402 g/mol. The van der Waals surface area contributed by atoms with Gasteiger partial charge < -0.3 is 15.2 Å². The maximum Gasteiger partial charge on any atom is 0.338 e. The van der Waals surface area contributed by atoms with Crippen molar-refractivity contribution in [3.63, 3.8) is 0 Å². The highest BCUT2D eigenvalue weighted by Crippen LogP contribution is 2.49. The molecule has 0 saturated carbocycles. The SMILES string of the molecule is CCOC(=O)C1=C2S[C@@H](C)C(=O)N2C(N)=C(C(=O)OC)[C@@H]1c1ccc(C)cc1. The maximum atomic E-state index is 12.9. The largest absolute Gasteiger partial charge is 0.466 e. The molecule has 1 saturated heterocycles. The van der Waals surface area contributed by atoms with Gasteiger partial charge in [-0.25, -0.2) is 9.59 Å². The normalized spacial score (nSPS) is 21.7. The van der Waals surface area contributed by atoms with E-state index < -0.39 is 23.1 Å². The Kier molecular flexibility index (Phi) is 5.51. The lowest BCUT2D eigenvalue weighted by atomic mass is 9.82. The topological polar surface area (TPSA) is 98.9 Å². The maximum absolute atomic E-state index is 12.9. The van der Waals surface area contributed by atoms with E-state index in [9.17, 15) is 14.4 Å². The first-order valence-electron chi connectivity index (χ1n) is 8.88. The predicted octanol–water partition coefficient (Wildman–Crippen LogP) is 2.17. The number of fused-ring (bicyclic) bond motifs is 1. The van der Waals surface area contributed by atoms with Gasteiger partial charge >= 0.3 is 11.9 Å². The first-order valence-corrected chi connectivity index (χ1v) is 9.76. The summed E-state index contributed by atoms with van der Waals surface area (Å²) in [5, 5.41) is -0.0275. The molecule has 2 N–H and O–H groups in total. The summed E-state index contributed by atoms with van der Waals surface area (Å²) in [5.41, 5.74) is 8.27. The van der Waals surface area contributed by atoms with Crippen molar-refractivity contribution in [3.8, 4) is 0 Å². The van der Waals surface area contributed by atoms with Crippen LogP contribution in [0.4, 0.5) is 0 Å². The molecule has 2 heterocycles. The van der Waals surface area contributed by atoms with Gasteiger partial charge in [-0.15, -0.1) is 0 Å². The van der Waals surface area contributed by atoms with Crippen LogP contribution >= 0.6 is 11.8 Å². The zero-order valence-electron chi connectivity index (χ0n) is 16.1. The molecule has 8 heteroatoms. The Morgan fingerprint density at radius 1 is 1.18 bits per heavy atom. The van der Waals surface area contributed by atoms with Gasteiger partial charge in [0.1, 0.15) is 5.82 Å². The molecule has 1 amide bonds. The van der Waals surface area contributed by atoms with E-state index in [0.29, 0.717) is 10.6 Å². The van der Waals surface area contributed by atoms with Gasteiger partial charge in [-0.05, 0) is 26.3 Å². The van der Waals surface area contributed by atoms with Crippen molar-refractivity contribution in [1.29, 1.82) is 0 Å². The van der Waals surface area contributed by atoms with Crippen molar-refractivity contribution in [2.75, 3.05) is 13.7 Å². The van der Waals surface area contributed by atoms with Crippen molar-refractivity contribution in [2.45, 2.75) is 31.9 Å². The standard InChI is InChI=1S/C20H22N2O5S/c1-5-27-20(25)15-13(12-8-6-10(2)7-9-12)14(19(24)26-4)16(21)22-17(23)11(3)28-18(15)22/h6-9,11,13H,5,21H2,1-4H3/t11-,13-/m0/s1. The summed E-state index contributed by atoms with van der Waals surface area (Å²) >= 11 is 1.24. The van der Waals surface area contributed by atoms with Gasteiger partial charge in [0.05, 0.1) is 41.1 Å². The summed E-state index contributed by atoms with van der Waals surface area (Å²) in [6, 6.07) is 7.43. The number of carbonyl (C=O) groups excluding carboxylic acids is 3.